The second-order valence-electron chi connectivity index (χ2n) is 8.22. The van der Waals surface area contributed by atoms with Crippen LogP contribution < -0.4 is 5.73 Å². The quantitative estimate of drug-likeness (QED) is 0.865. The van der Waals surface area contributed by atoms with Gasteiger partial charge in [-0.2, -0.15) is 0 Å². The van der Waals surface area contributed by atoms with Crippen molar-refractivity contribution in [1.29, 1.82) is 0 Å². The van der Waals surface area contributed by atoms with E-state index in [9.17, 15) is 4.79 Å². The Morgan fingerprint density at radius 1 is 1.00 bits per heavy atom. The van der Waals surface area contributed by atoms with Crippen LogP contribution in [0.5, 0.6) is 0 Å². The highest BCUT2D eigenvalue weighted by Crippen LogP contribution is 2.46. The van der Waals surface area contributed by atoms with Gasteiger partial charge in [0.05, 0.1) is 0 Å². The number of fused-ring (bicyclic) bond motifs is 2. The first-order valence-corrected chi connectivity index (χ1v) is 9.48. The standard InChI is InChI=1S/C18H31N3O/c19-16-3-1-2-14(16)12-18(22)21-8-6-20(7-9-21)17-11-13-4-5-15(17)10-13/h13-17H,1-12,19H2/t13?,14-,15?,16+,17?/m0/s1. The van der Waals surface area contributed by atoms with Gasteiger partial charge in [-0.25, -0.2) is 0 Å². The Morgan fingerprint density at radius 3 is 2.41 bits per heavy atom. The van der Waals surface area contributed by atoms with E-state index < -0.39 is 0 Å². The molecule has 3 unspecified atom stereocenters. The van der Waals surface area contributed by atoms with Gasteiger partial charge in [0.15, 0.2) is 0 Å². The summed E-state index contributed by atoms with van der Waals surface area (Å²) in [5, 5.41) is 0. The van der Waals surface area contributed by atoms with Gasteiger partial charge < -0.3 is 10.6 Å². The lowest BCUT2D eigenvalue weighted by molar-refractivity contribution is -0.134. The van der Waals surface area contributed by atoms with Gasteiger partial charge in [-0.15, -0.1) is 0 Å². The summed E-state index contributed by atoms with van der Waals surface area (Å²) >= 11 is 0. The van der Waals surface area contributed by atoms with Gasteiger partial charge in [-0.3, -0.25) is 9.69 Å². The van der Waals surface area contributed by atoms with Gasteiger partial charge in [0.2, 0.25) is 5.91 Å². The van der Waals surface area contributed by atoms with E-state index in [4.69, 9.17) is 5.73 Å². The normalized spacial score (nSPS) is 42.2. The van der Waals surface area contributed by atoms with E-state index in [1.807, 2.05) is 0 Å². The number of amides is 1. The van der Waals surface area contributed by atoms with E-state index in [1.165, 1.54) is 32.1 Å². The van der Waals surface area contributed by atoms with E-state index in [1.54, 1.807) is 0 Å². The Bertz CT molecular complexity index is 419. The first-order valence-electron chi connectivity index (χ1n) is 9.48. The third-order valence-corrected chi connectivity index (χ3v) is 6.99. The van der Waals surface area contributed by atoms with Gasteiger partial charge in [0.1, 0.15) is 0 Å². The van der Waals surface area contributed by atoms with Crippen molar-refractivity contribution in [1.82, 2.24) is 9.80 Å². The molecule has 0 spiro atoms. The zero-order chi connectivity index (χ0) is 15.1. The second-order valence-corrected chi connectivity index (χ2v) is 8.22. The zero-order valence-electron chi connectivity index (χ0n) is 13.8. The number of rotatable bonds is 3. The SMILES string of the molecule is N[C@@H]1CCC[C@H]1CC(=O)N1CCN(C2CC3CCC2C3)CC1. The van der Waals surface area contributed by atoms with Crippen molar-refractivity contribution >= 4 is 5.91 Å². The Labute approximate surface area is 134 Å². The van der Waals surface area contributed by atoms with Gasteiger partial charge in [0.25, 0.3) is 0 Å². The van der Waals surface area contributed by atoms with E-state index in [-0.39, 0.29) is 6.04 Å². The Morgan fingerprint density at radius 2 is 1.82 bits per heavy atom. The first-order chi connectivity index (χ1) is 10.7. The third-order valence-electron chi connectivity index (χ3n) is 6.99. The lowest BCUT2D eigenvalue weighted by Crippen LogP contribution is -2.53. The minimum atomic E-state index is 0.263. The van der Waals surface area contributed by atoms with Crippen LogP contribution in [0.25, 0.3) is 0 Å². The van der Waals surface area contributed by atoms with Crippen molar-refractivity contribution in [3.05, 3.63) is 0 Å². The highest BCUT2D eigenvalue weighted by molar-refractivity contribution is 5.76. The molecule has 4 heteroatoms. The third kappa shape index (κ3) is 2.80. The monoisotopic (exact) mass is 305 g/mol. The van der Waals surface area contributed by atoms with Crippen LogP contribution in [0.1, 0.15) is 51.4 Å². The van der Waals surface area contributed by atoms with Crippen molar-refractivity contribution in [2.75, 3.05) is 26.2 Å². The maximum Gasteiger partial charge on any atom is 0.222 e. The molecule has 3 aliphatic carbocycles. The number of nitrogens with two attached hydrogens (primary N) is 1. The van der Waals surface area contributed by atoms with Crippen LogP contribution in [0.4, 0.5) is 0 Å². The fourth-order valence-electron chi connectivity index (χ4n) is 5.63. The number of hydrogen-bond acceptors (Lipinski definition) is 3. The van der Waals surface area contributed by atoms with Crippen molar-refractivity contribution in [3.8, 4) is 0 Å². The number of carbonyl (C=O) groups is 1. The van der Waals surface area contributed by atoms with Gasteiger partial charge in [-0.1, -0.05) is 12.8 Å². The summed E-state index contributed by atoms with van der Waals surface area (Å²) in [5.41, 5.74) is 6.12. The highest BCUT2D eigenvalue weighted by atomic mass is 16.2. The molecule has 1 amide bonds. The molecule has 1 saturated heterocycles. The molecule has 4 nitrogen and oxygen atoms in total. The molecule has 0 aromatic heterocycles. The average Bonchev–Trinajstić information content (AvgIpc) is 3.25. The molecule has 4 aliphatic rings. The minimum absolute atomic E-state index is 0.263. The van der Waals surface area contributed by atoms with E-state index in [0.717, 1.165) is 56.9 Å². The summed E-state index contributed by atoms with van der Waals surface area (Å²) < 4.78 is 0. The maximum absolute atomic E-state index is 12.5. The first kappa shape index (κ1) is 14.9. The minimum Gasteiger partial charge on any atom is -0.340 e. The van der Waals surface area contributed by atoms with Crippen LogP contribution in [0.2, 0.25) is 0 Å². The number of hydrogen-bond donors (Lipinski definition) is 1. The van der Waals surface area contributed by atoms with E-state index in [0.29, 0.717) is 18.2 Å². The predicted octanol–water partition coefficient (Wildman–Crippen LogP) is 1.84. The van der Waals surface area contributed by atoms with Crippen LogP contribution in [0, 0.1) is 17.8 Å². The van der Waals surface area contributed by atoms with Gasteiger partial charge >= 0.3 is 0 Å². The highest BCUT2D eigenvalue weighted by Gasteiger charge is 2.43. The van der Waals surface area contributed by atoms with E-state index >= 15 is 0 Å². The summed E-state index contributed by atoms with van der Waals surface area (Å²) in [6, 6.07) is 1.10. The average molecular weight is 305 g/mol. The van der Waals surface area contributed by atoms with Gasteiger partial charge in [0, 0.05) is 44.7 Å². The lowest BCUT2D eigenvalue weighted by Gasteiger charge is -2.41. The smallest absolute Gasteiger partial charge is 0.222 e. The molecule has 2 bridgehead atoms. The molecular weight excluding hydrogens is 274 g/mol. The van der Waals surface area contributed by atoms with Crippen LogP contribution in [0.3, 0.4) is 0 Å². The Hall–Kier alpha value is -0.610. The molecule has 0 aromatic carbocycles. The van der Waals surface area contributed by atoms with Gasteiger partial charge in [-0.05, 0) is 49.9 Å². The molecule has 4 fully saturated rings. The second kappa shape index (κ2) is 6.12. The summed E-state index contributed by atoms with van der Waals surface area (Å²) in [5.74, 6) is 2.77. The van der Waals surface area contributed by atoms with Crippen LogP contribution in [0.15, 0.2) is 0 Å². The molecule has 124 valence electrons. The summed E-state index contributed by atoms with van der Waals surface area (Å²) in [6.45, 7) is 4.07. The van der Waals surface area contributed by atoms with Crippen molar-refractivity contribution in [2.45, 2.75) is 63.5 Å². The van der Waals surface area contributed by atoms with Crippen molar-refractivity contribution < 1.29 is 4.79 Å². The Balaban J connectivity index is 1.26. The number of carbonyl (C=O) groups excluding carboxylic acids is 1. The van der Waals surface area contributed by atoms with Crippen LogP contribution >= 0.6 is 0 Å². The lowest BCUT2D eigenvalue weighted by atomic mass is 9.93. The molecule has 1 aliphatic heterocycles. The van der Waals surface area contributed by atoms with Crippen LogP contribution in [-0.2, 0) is 4.79 Å². The predicted molar refractivity (Wildman–Crippen MR) is 87.3 cm³/mol. The summed E-state index contributed by atoms with van der Waals surface area (Å²) in [7, 11) is 0. The zero-order valence-corrected chi connectivity index (χ0v) is 13.8. The Kier molecular flexibility index (Phi) is 4.16. The summed E-state index contributed by atoms with van der Waals surface area (Å²) in [4.78, 5) is 17.3. The number of piperazine rings is 1. The fourth-order valence-corrected chi connectivity index (χ4v) is 5.63. The largest absolute Gasteiger partial charge is 0.340 e. The molecular formula is C18H31N3O. The summed E-state index contributed by atoms with van der Waals surface area (Å²) in [6.07, 6.45) is 9.98. The fraction of sp³-hybridized carbons (Fsp3) is 0.944. The van der Waals surface area contributed by atoms with E-state index in [2.05, 4.69) is 9.80 Å². The molecule has 0 aromatic rings. The molecule has 2 N–H and O–H groups in total. The number of nitrogens with zero attached hydrogens (tertiary/aromatic N) is 2. The van der Waals surface area contributed by atoms with Crippen molar-refractivity contribution in [2.24, 2.45) is 23.5 Å². The molecule has 22 heavy (non-hydrogen) atoms. The molecule has 3 saturated carbocycles. The topological polar surface area (TPSA) is 49.6 Å². The van der Waals surface area contributed by atoms with Crippen LogP contribution in [-0.4, -0.2) is 54.0 Å². The molecule has 4 rings (SSSR count). The molecule has 1 heterocycles. The molecule has 5 atom stereocenters. The van der Waals surface area contributed by atoms with Crippen molar-refractivity contribution in [3.63, 3.8) is 0 Å². The maximum atomic E-state index is 12.5. The molecule has 0 radical (unpaired) electrons.